The molecule has 0 saturated heterocycles. The second kappa shape index (κ2) is 5.86. The fourth-order valence-corrected chi connectivity index (χ4v) is 1.39. The largest absolute Gasteiger partial charge is 0.364 e. The molecule has 3 heteroatoms. The molecular formula is C7H12BrNS. The third-order valence-electron chi connectivity index (χ3n) is 1.18. The molecule has 1 aliphatic heterocycles. The molecule has 10 heavy (non-hydrogen) atoms. The summed E-state index contributed by atoms with van der Waals surface area (Å²) in [5, 5.41) is 2.13. The summed E-state index contributed by atoms with van der Waals surface area (Å²) in [4.78, 5) is 2.27. The molecule has 1 nitrogen and oxygen atoms in total. The van der Waals surface area contributed by atoms with E-state index in [1.165, 1.54) is 0 Å². The standard InChI is InChI=1S/C7H11NS.BrH/c1-2-3-4-8-5-6-9-7-8;/h2-3,5-6H,4,7H2,1H3;1H. The molecule has 0 aliphatic carbocycles. The van der Waals surface area contributed by atoms with Gasteiger partial charge < -0.3 is 4.90 Å². The zero-order valence-electron chi connectivity index (χ0n) is 5.99. The van der Waals surface area contributed by atoms with E-state index in [9.17, 15) is 0 Å². The lowest BCUT2D eigenvalue weighted by Crippen LogP contribution is -2.11. The van der Waals surface area contributed by atoms with Gasteiger partial charge in [0.15, 0.2) is 0 Å². The van der Waals surface area contributed by atoms with Gasteiger partial charge in [-0.1, -0.05) is 12.2 Å². The highest BCUT2D eigenvalue weighted by Crippen LogP contribution is 2.13. The van der Waals surface area contributed by atoms with Crippen LogP contribution in [-0.4, -0.2) is 17.3 Å². The van der Waals surface area contributed by atoms with Crippen LogP contribution >= 0.6 is 28.7 Å². The summed E-state index contributed by atoms with van der Waals surface area (Å²) in [5.41, 5.74) is 0. The van der Waals surface area contributed by atoms with E-state index in [0.29, 0.717) is 0 Å². The van der Waals surface area contributed by atoms with E-state index in [2.05, 4.69) is 28.7 Å². The molecule has 0 aromatic carbocycles. The zero-order chi connectivity index (χ0) is 6.53. The van der Waals surface area contributed by atoms with Gasteiger partial charge in [-0.2, -0.15) is 0 Å². The molecule has 0 unspecified atom stereocenters. The Bertz CT molecular complexity index is 134. The fourth-order valence-electron chi connectivity index (χ4n) is 0.665. The van der Waals surface area contributed by atoms with Crippen LogP contribution < -0.4 is 0 Å². The minimum atomic E-state index is 0. The number of hydrogen-bond acceptors (Lipinski definition) is 2. The molecule has 0 radical (unpaired) electrons. The fraction of sp³-hybridized carbons (Fsp3) is 0.429. The molecular weight excluding hydrogens is 210 g/mol. The highest BCUT2D eigenvalue weighted by Gasteiger charge is 1.99. The second-order valence-electron chi connectivity index (χ2n) is 1.92. The number of nitrogens with zero attached hydrogens (tertiary/aromatic N) is 1. The Kier molecular flexibility index (Phi) is 5.93. The smallest absolute Gasteiger partial charge is 0.0678 e. The molecule has 0 atom stereocenters. The molecule has 58 valence electrons. The van der Waals surface area contributed by atoms with Gasteiger partial charge in [-0.05, 0) is 12.3 Å². The van der Waals surface area contributed by atoms with E-state index in [-0.39, 0.29) is 17.0 Å². The number of allylic oxidation sites excluding steroid dienone is 1. The first kappa shape index (κ1) is 10.1. The predicted molar refractivity (Wildman–Crippen MR) is 53.4 cm³/mol. The van der Waals surface area contributed by atoms with Gasteiger partial charge in [-0.15, -0.1) is 28.7 Å². The zero-order valence-corrected chi connectivity index (χ0v) is 8.52. The Labute approximate surface area is 76.9 Å². The molecule has 0 fully saturated rings. The molecule has 0 spiro atoms. The third kappa shape index (κ3) is 3.32. The van der Waals surface area contributed by atoms with Crippen LogP contribution in [0.2, 0.25) is 0 Å². The van der Waals surface area contributed by atoms with E-state index in [0.717, 1.165) is 12.4 Å². The van der Waals surface area contributed by atoms with Crippen LogP contribution in [0.15, 0.2) is 23.8 Å². The maximum atomic E-state index is 2.27. The molecule has 0 amide bonds. The van der Waals surface area contributed by atoms with Gasteiger partial charge in [0.2, 0.25) is 0 Å². The minimum Gasteiger partial charge on any atom is -0.364 e. The number of rotatable bonds is 2. The molecule has 0 aromatic rings. The Morgan fingerprint density at radius 2 is 2.50 bits per heavy atom. The average molecular weight is 222 g/mol. The second-order valence-corrected chi connectivity index (χ2v) is 2.78. The van der Waals surface area contributed by atoms with E-state index < -0.39 is 0 Å². The van der Waals surface area contributed by atoms with Gasteiger partial charge in [-0.3, -0.25) is 0 Å². The average Bonchev–Trinajstić information content (AvgIpc) is 2.34. The van der Waals surface area contributed by atoms with Crippen LogP contribution in [0.1, 0.15) is 6.92 Å². The molecule has 0 N–H and O–H groups in total. The van der Waals surface area contributed by atoms with Crippen molar-refractivity contribution in [2.45, 2.75) is 6.92 Å². The van der Waals surface area contributed by atoms with Gasteiger partial charge in [0.05, 0.1) is 5.88 Å². The lowest BCUT2D eigenvalue weighted by atomic mass is 10.5. The summed E-state index contributed by atoms with van der Waals surface area (Å²) < 4.78 is 0. The first-order chi connectivity index (χ1) is 4.43. The van der Waals surface area contributed by atoms with Crippen LogP contribution in [0.5, 0.6) is 0 Å². The first-order valence-corrected chi connectivity index (χ1v) is 4.12. The third-order valence-corrected chi connectivity index (χ3v) is 1.98. The number of thioether (sulfide) groups is 1. The minimum absolute atomic E-state index is 0. The monoisotopic (exact) mass is 221 g/mol. The summed E-state index contributed by atoms with van der Waals surface area (Å²) in [6.45, 7) is 3.10. The molecule has 1 rings (SSSR count). The molecule has 0 bridgehead atoms. The summed E-state index contributed by atoms with van der Waals surface area (Å²) in [6.07, 6.45) is 6.37. The molecule has 0 saturated carbocycles. The van der Waals surface area contributed by atoms with Crippen molar-refractivity contribution < 1.29 is 0 Å². The highest BCUT2D eigenvalue weighted by atomic mass is 79.9. The van der Waals surface area contributed by atoms with E-state index in [4.69, 9.17) is 0 Å². The van der Waals surface area contributed by atoms with Crippen LogP contribution in [-0.2, 0) is 0 Å². The molecule has 0 aromatic heterocycles. The van der Waals surface area contributed by atoms with Crippen LogP contribution in [0.25, 0.3) is 0 Å². The summed E-state index contributed by atoms with van der Waals surface area (Å²) in [5.74, 6) is 1.12. The lowest BCUT2D eigenvalue weighted by molar-refractivity contribution is 0.499. The molecule has 1 heterocycles. The van der Waals surface area contributed by atoms with Crippen molar-refractivity contribution in [3.8, 4) is 0 Å². The van der Waals surface area contributed by atoms with Crippen LogP contribution in [0.3, 0.4) is 0 Å². The van der Waals surface area contributed by atoms with Crippen molar-refractivity contribution in [3.05, 3.63) is 23.8 Å². The summed E-state index contributed by atoms with van der Waals surface area (Å²) >= 11 is 1.84. The maximum absolute atomic E-state index is 2.27. The Balaban J connectivity index is 0.000000810. The van der Waals surface area contributed by atoms with Gasteiger partial charge in [0, 0.05) is 12.7 Å². The number of hydrogen-bond donors (Lipinski definition) is 0. The first-order valence-electron chi connectivity index (χ1n) is 3.07. The van der Waals surface area contributed by atoms with Crippen molar-refractivity contribution in [2.75, 3.05) is 12.4 Å². The predicted octanol–water partition coefficient (Wildman–Crippen LogP) is 2.62. The summed E-state index contributed by atoms with van der Waals surface area (Å²) in [6, 6.07) is 0. The Morgan fingerprint density at radius 1 is 1.70 bits per heavy atom. The normalized spacial score (nSPS) is 16.3. The Hall–Kier alpha value is 0.110. The van der Waals surface area contributed by atoms with Crippen molar-refractivity contribution in [3.63, 3.8) is 0 Å². The van der Waals surface area contributed by atoms with Crippen molar-refractivity contribution in [1.29, 1.82) is 0 Å². The van der Waals surface area contributed by atoms with Gasteiger partial charge in [0.25, 0.3) is 0 Å². The van der Waals surface area contributed by atoms with E-state index in [1.54, 1.807) is 0 Å². The molecule has 1 aliphatic rings. The van der Waals surface area contributed by atoms with Crippen LogP contribution in [0.4, 0.5) is 0 Å². The summed E-state index contributed by atoms with van der Waals surface area (Å²) in [7, 11) is 0. The van der Waals surface area contributed by atoms with Crippen molar-refractivity contribution in [1.82, 2.24) is 4.90 Å². The number of halogens is 1. The Morgan fingerprint density at radius 3 is 3.00 bits per heavy atom. The topological polar surface area (TPSA) is 3.24 Å². The van der Waals surface area contributed by atoms with E-state index >= 15 is 0 Å². The van der Waals surface area contributed by atoms with Gasteiger partial charge in [0.1, 0.15) is 0 Å². The van der Waals surface area contributed by atoms with Crippen molar-refractivity contribution >= 4 is 28.7 Å². The maximum Gasteiger partial charge on any atom is 0.0678 e. The quantitative estimate of drug-likeness (QED) is 0.661. The van der Waals surface area contributed by atoms with E-state index in [1.807, 2.05) is 18.7 Å². The van der Waals surface area contributed by atoms with Gasteiger partial charge in [-0.25, -0.2) is 0 Å². The van der Waals surface area contributed by atoms with Crippen LogP contribution in [0, 0.1) is 0 Å². The van der Waals surface area contributed by atoms with Crippen molar-refractivity contribution in [2.24, 2.45) is 0 Å². The SMILES string of the molecule is Br.CC=CCN1C=CSC1. The lowest BCUT2D eigenvalue weighted by Gasteiger charge is -2.09. The highest BCUT2D eigenvalue weighted by molar-refractivity contribution is 8.93. The van der Waals surface area contributed by atoms with Gasteiger partial charge >= 0.3 is 0 Å².